The number of anilines is 1. The molecular weight excluding hydrogens is 429 g/mol. The number of ketones is 1. The van der Waals surface area contributed by atoms with E-state index in [-0.39, 0.29) is 17.6 Å². The molecule has 2 aromatic carbocycles. The Morgan fingerprint density at radius 1 is 1.03 bits per heavy atom. The number of urea groups is 1. The molecule has 182 valence electrons. The van der Waals surface area contributed by atoms with Gasteiger partial charge in [-0.1, -0.05) is 37.1 Å². The summed E-state index contributed by atoms with van der Waals surface area (Å²) in [5.74, 6) is 0.782. The van der Waals surface area contributed by atoms with Crippen LogP contribution in [-0.4, -0.2) is 42.4 Å². The van der Waals surface area contributed by atoms with Crippen LogP contribution in [0.1, 0.15) is 61.4 Å². The molecule has 1 aliphatic heterocycles. The van der Waals surface area contributed by atoms with Crippen LogP contribution in [0.4, 0.5) is 14.9 Å². The van der Waals surface area contributed by atoms with Crippen LogP contribution < -0.4 is 10.6 Å². The number of rotatable bonds is 7. The SMILES string of the molecule is CC(=O)c1cccc(N(C(N)=O)[C@@H]2CCCC[C@H]2CN2CCC(Cc3ccc(F)cc3)CC2)c1. The van der Waals surface area contributed by atoms with Crippen LogP contribution in [0.2, 0.25) is 0 Å². The van der Waals surface area contributed by atoms with Gasteiger partial charge in [-0.05, 0) is 93.8 Å². The zero-order valence-electron chi connectivity index (χ0n) is 20.1. The van der Waals surface area contributed by atoms with Crippen molar-refractivity contribution in [2.45, 2.75) is 57.9 Å². The van der Waals surface area contributed by atoms with E-state index in [1.807, 2.05) is 24.3 Å². The van der Waals surface area contributed by atoms with Crippen molar-refractivity contribution in [1.29, 1.82) is 0 Å². The monoisotopic (exact) mass is 465 g/mol. The van der Waals surface area contributed by atoms with Crippen LogP contribution in [0.25, 0.3) is 0 Å². The number of amides is 2. The Hall–Kier alpha value is -2.73. The minimum absolute atomic E-state index is 0.0185. The van der Waals surface area contributed by atoms with Gasteiger partial charge >= 0.3 is 6.03 Å². The van der Waals surface area contributed by atoms with E-state index in [1.165, 1.54) is 18.9 Å². The molecule has 4 rings (SSSR count). The van der Waals surface area contributed by atoms with Crippen LogP contribution in [0.3, 0.4) is 0 Å². The molecule has 0 spiro atoms. The molecule has 6 heteroatoms. The fraction of sp³-hybridized carbons (Fsp3) is 0.500. The summed E-state index contributed by atoms with van der Waals surface area (Å²) in [7, 11) is 0. The number of halogens is 1. The predicted molar refractivity (Wildman–Crippen MR) is 134 cm³/mol. The topological polar surface area (TPSA) is 66.6 Å². The molecule has 0 bridgehead atoms. The number of primary amides is 1. The molecule has 1 saturated carbocycles. The number of Topliss-reactive ketones (excluding diaryl/α,β-unsaturated/α-hetero) is 1. The lowest BCUT2D eigenvalue weighted by Crippen LogP contribution is -2.52. The quantitative estimate of drug-likeness (QED) is 0.555. The Morgan fingerprint density at radius 2 is 1.74 bits per heavy atom. The molecule has 2 fully saturated rings. The smallest absolute Gasteiger partial charge is 0.319 e. The lowest BCUT2D eigenvalue weighted by atomic mass is 9.82. The van der Waals surface area contributed by atoms with Gasteiger partial charge in [0.15, 0.2) is 5.78 Å². The third-order valence-corrected chi connectivity index (χ3v) is 7.61. The summed E-state index contributed by atoms with van der Waals surface area (Å²) in [6, 6.07) is 13.8. The maximum atomic E-state index is 13.2. The van der Waals surface area contributed by atoms with Gasteiger partial charge in [0.05, 0.1) is 0 Å². The minimum atomic E-state index is -0.449. The van der Waals surface area contributed by atoms with E-state index in [9.17, 15) is 14.0 Å². The predicted octanol–water partition coefficient (Wildman–Crippen LogP) is 5.43. The van der Waals surface area contributed by atoms with Crippen molar-refractivity contribution in [1.82, 2.24) is 4.90 Å². The molecule has 1 heterocycles. The second-order valence-electron chi connectivity index (χ2n) is 10.0. The fourth-order valence-corrected chi connectivity index (χ4v) is 5.76. The second-order valence-corrected chi connectivity index (χ2v) is 10.0. The van der Waals surface area contributed by atoms with Crippen molar-refractivity contribution in [2.24, 2.45) is 17.6 Å². The zero-order valence-corrected chi connectivity index (χ0v) is 20.1. The largest absolute Gasteiger partial charge is 0.351 e. The molecule has 1 saturated heterocycles. The van der Waals surface area contributed by atoms with E-state index in [2.05, 4.69) is 4.90 Å². The Balaban J connectivity index is 1.40. The molecule has 34 heavy (non-hydrogen) atoms. The molecule has 0 unspecified atom stereocenters. The Kier molecular flexibility index (Phi) is 7.99. The normalized spacial score (nSPS) is 21.8. The number of carbonyl (C=O) groups excluding carboxylic acids is 2. The van der Waals surface area contributed by atoms with Gasteiger partial charge in [0.1, 0.15) is 5.82 Å². The lowest BCUT2D eigenvalue weighted by Gasteiger charge is -2.42. The number of hydrogen-bond donors (Lipinski definition) is 1. The average molecular weight is 466 g/mol. The van der Waals surface area contributed by atoms with Gasteiger partial charge in [0.25, 0.3) is 0 Å². The van der Waals surface area contributed by atoms with Crippen LogP contribution in [-0.2, 0) is 6.42 Å². The molecule has 2 aromatic rings. The third-order valence-electron chi connectivity index (χ3n) is 7.61. The van der Waals surface area contributed by atoms with Gasteiger partial charge in [0.2, 0.25) is 0 Å². The van der Waals surface area contributed by atoms with Gasteiger partial charge in [-0.15, -0.1) is 0 Å². The van der Waals surface area contributed by atoms with Crippen molar-refractivity contribution < 1.29 is 14.0 Å². The summed E-state index contributed by atoms with van der Waals surface area (Å²) < 4.78 is 13.2. The molecular formula is C28H36FN3O2. The molecule has 2 amide bonds. The number of nitrogens with zero attached hydrogens (tertiary/aromatic N) is 2. The van der Waals surface area contributed by atoms with Crippen molar-refractivity contribution in [3.63, 3.8) is 0 Å². The summed E-state index contributed by atoms with van der Waals surface area (Å²) in [4.78, 5) is 28.7. The highest BCUT2D eigenvalue weighted by Gasteiger charge is 2.35. The van der Waals surface area contributed by atoms with Crippen LogP contribution in [0.5, 0.6) is 0 Å². The second kappa shape index (κ2) is 11.1. The number of piperidine rings is 1. The van der Waals surface area contributed by atoms with Crippen LogP contribution in [0, 0.1) is 17.7 Å². The van der Waals surface area contributed by atoms with Crippen LogP contribution >= 0.6 is 0 Å². The van der Waals surface area contributed by atoms with E-state index in [4.69, 9.17) is 5.73 Å². The third kappa shape index (κ3) is 6.03. The Bertz CT molecular complexity index is 985. The maximum absolute atomic E-state index is 13.2. The highest BCUT2D eigenvalue weighted by Crippen LogP contribution is 2.34. The molecule has 2 atom stereocenters. The molecule has 2 aliphatic rings. The Morgan fingerprint density at radius 3 is 2.41 bits per heavy atom. The van der Waals surface area contributed by atoms with Crippen molar-refractivity contribution in [3.8, 4) is 0 Å². The molecule has 1 aliphatic carbocycles. The van der Waals surface area contributed by atoms with E-state index in [0.717, 1.165) is 63.8 Å². The van der Waals surface area contributed by atoms with Gasteiger partial charge in [-0.25, -0.2) is 9.18 Å². The van der Waals surface area contributed by atoms with E-state index < -0.39 is 6.03 Å². The van der Waals surface area contributed by atoms with Crippen molar-refractivity contribution in [3.05, 3.63) is 65.5 Å². The van der Waals surface area contributed by atoms with Gasteiger partial charge in [-0.3, -0.25) is 9.69 Å². The van der Waals surface area contributed by atoms with Crippen molar-refractivity contribution in [2.75, 3.05) is 24.5 Å². The number of carbonyl (C=O) groups is 2. The van der Waals surface area contributed by atoms with E-state index in [1.54, 1.807) is 29.2 Å². The number of benzene rings is 2. The first-order valence-electron chi connectivity index (χ1n) is 12.6. The highest BCUT2D eigenvalue weighted by molar-refractivity contribution is 5.97. The summed E-state index contributed by atoms with van der Waals surface area (Å²) in [5, 5.41) is 0. The van der Waals surface area contributed by atoms with Crippen molar-refractivity contribution >= 4 is 17.5 Å². The molecule has 2 N–H and O–H groups in total. The zero-order chi connectivity index (χ0) is 24.1. The molecule has 0 radical (unpaired) electrons. The summed E-state index contributed by atoms with van der Waals surface area (Å²) >= 11 is 0. The number of likely N-dealkylation sites (tertiary alicyclic amines) is 1. The van der Waals surface area contributed by atoms with Gasteiger partial charge in [0, 0.05) is 23.8 Å². The lowest BCUT2D eigenvalue weighted by molar-refractivity contribution is 0.101. The first kappa shape index (κ1) is 24.4. The molecule has 0 aromatic heterocycles. The van der Waals surface area contributed by atoms with Crippen LogP contribution in [0.15, 0.2) is 48.5 Å². The number of hydrogen-bond acceptors (Lipinski definition) is 3. The van der Waals surface area contributed by atoms with E-state index >= 15 is 0 Å². The standard InChI is InChI=1S/C28H36FN3O2/c1-20(33)23-6-4-7-26(18-23)32(28(30)34)27-8-3-2-5-24(27)19-31-15-13-22(14-16-31)17-21-9-11-25(29)12-10-21/h4,6-7,9-12,18,22,24,27H,2-3,5,8,13-17,19H2,1H3,(H2,30,34)/t24-,27+/m0/s1. The Labute approximate surface area is 202 Å². The first-order valence-corrected chi connectivity index (χ1v) is 12.6. The maximum Gasteiger partial charge on any atom is 0.319 e. The summed E-state index contributed by atoms with van der Waals surface area (Å²) in [6.45, 7) is 4.60. The number of nitrogens with two attached hydrogens (primary N) is 1. The minimum Gasteiger partial charge on any atom is -0.351 e. The highest BCUT2D eigenvalue weighted by atomic mass is 19.1. The summed E-state index contributed by atoms with van der Waals surface area (Å²) in [6.07, 6.45) is 7.53. The van der Waals surface area contributed by atoms with Gasteiger partial charge < -0.3 is 10.6 Å². The fourth-order valence-electron chi connectivity index (χ4n) is 5.76. The average Bonchev–Trinajstić information content (AvgIpc) is 2.83. The van der Waals surface area contributed by atoms with E-state index in [0.29, 0.717) is 17.4 Å². The van der Waals surface area contributed by atoms with Gasteiger partial charge in [-0.2, -0.15) is 0 Å². The first-order chi connectivity index (χ1) is 16.4. The summed E-state index contributed by atoms with van der Waals surface area (Å²) in [5.41, 5.74) is 8.41. The molecule has 5 nitrogen and oxygen atoms in total.